The Morgan fingerprint density at radius 3 is 2.26 bits per heavy atom. The van der Waals surface area contributed by atoms with E-state index in [1.165, 1.54) is 6.42 Å². The number of carbonyl (C=O) groups is 2. The number of carbonyl (C=O) groups excluding carboxylic acids is 2. The fourth-order valence-corrected chi connectivity index (χ4v) is 3.80. The van der Waals surface area contributed by atoms with E-state index < -0.39 is 6.10 Å². The predicted molar refractivity (Wildman–Crippen MR) is 128 cm³/mol. The van der Waals surface area contributed by atoms with E-state index in [1.807, 2.05) is 0 Å². The Morgan fingerprint density at radius 1 is 1.00 bits per heavy atom. The van der Waals surface area contributed by atoms with Crippen LogP contribution >= 0.6 is 23.8 Å². The summed E-state index contributed by atoms with van der Waals surface area (Å²) in [6.07, 6.45) is 4.49. The number of anilines is 2. The van der Waals surface area contributed by atoms with E-state index in [0.717, 1.165) is 25.7 Å². The maximum Gasteiger partial charge on any atom is 0.265 e. The van der Waals surface area contributed by atoms with Gasteiger partial charge in [0.1, 0.15) is 5.75 Å². The van der Waals surface area contributed by atoms with Gasteiger partial charge in [-0.2, -0.15) is 0 Å². The van der Waals surface area contributed by atoms with Crippen LogP contribution < -0.4 is 20.7 Å². The van der Waals surface area contributed by atoms with Gasteiger partial charge in [-0.25, -0.2) is 0 Å². The first-order valence-corrected chi connectivity index (χ1v) is 11.1. The number of hydrogen-bond acceptors (Lipinski definition) is 4. The van der Waals surface area contributed by atoms with Crippen LogP contribution in [0.3, 0.4) is 0 Å². The Hall–Kier alpha value is -2.64. The quantitative estimate of drug-likeness (QED) is 0.521. The second-order valence-electron chi connectivity index (χ2n) is 7.54. The Balaban J connectivity index is 1.48. The van der Waals surface area contributed by atoms with Gasteiger partial charge in [-0.3, -0.25) is 9.59 Å². The zero-order chi connectivity index (χ0) is 22.2. The van der Waals surface area contributed by atoms with Crippen LogP contribution in [0.4, 0.5) is 11.4 Å². The largest absolute Gasteiger partial charge is 0.479 e. The Labute approximate surface area is 192 Å². The number of ether oxygens (including phenoxy) is 1. The minimum Gasteiger partial charge on any atom is -0.479 e. The maximum absolute atomic E-state index is 12.4. The van der Waals surface area contributed by atoms with Gasteiger partial charge in [-0.15, -0.1) is 0 Å². The summed E-state index contributed by atoms with van der Waals surface area (Å²) in [7, 11) is 0. The van der Waals surface area contributed by atoms with Crippen molar-refractivity contribution in [3.8, 4) is 5.75 Å². The van der Waals surface area contributed by atoms with Crippen molar-refractivity contribution in [3.05, 3.63) is 53.6 Å². The molecule has 1 saturated carbocycles. The Bertz CT molecular complexity index is 930. The molecular formula is C23H26ClN3O3S. The second-order valence-corrected chi connectivity index (χ2v) is 8.35. The number of rotatable bonds is 6. The molecule has 0 aromatic heterocycles. The predicted octanol–water partition coefficient (Wildman–Crippen LogP) is 5.14. The lowest BCUT2D eigenvalue weighted by Crippen LogP contribution is -2.38. The number of nitrogens with one attached hydrogen (secondary N) is 3. The zero-order valence-corrected chi connectivity index (χ0v) is 18.9. The number of benzene rings is 2. The molecule has 1 aliphatic rings. The average Bonchev–Trinajstić information content (AvgIpc) is 2.77. The van der Waals surface area contributed by atoms with E-state index in [0.29, 0.717) is 22.1 Å². The van der Waals surface area contributed by atoms with Crippen molar-refractivity contribution in [2.24, 2.45) is 5.92 Å². The fourth-order valence-electron chi connectivity index (χ4n) is 3.41. The van der Waals surface area contributed by atoms with Crippen LogP contribution in [-0.4, -0.2) is 23.0 Å². The molecule has 1 unspecified atom stereocenters. The molecule has 3 N–H and O–H groups in total. The van der Waals surface area contributed by atoms with Crippen molar-refractivity contribution >= 4 is 52.1 Å². The van der Waals surface area contributed by atoms with Gasteiger partial charge in [0.05, 0.1) is 5.02 Å². The van der Waals surface area contributed by atoms with Gasteiger partial charge in [0.25, 0.3) is 5.91 Å². The molecule has 0 spiro atoms. The van der Waals surface area contributed by atoms with Crippen molar-refractivity contribution in [2.75, 3.05) is 10.6 Å². The summed E-state index contributed by atoms with van der Waals surface area (Å²) in [5.74, 6) is 0.181. The summed E-state index contributed by atoms with van der Waals surface area (Å²) in [5.41, 5.74) is 1.33. The topological polar surface area (TPSA) is 79.5 Å². The smallest absolute Gasteiger partial charge is 0.265 e. The van der Waals surface area contributed by atoms with E-state index in [2.05, 4.69) is 16.0 Å². The van der Waals surface area contributed by atoms with Crippen molar-refractivity contribution in [2.45, 2.75) is 45.1 Å². The van der Waals surface area contributed by atoms with E-state index in [9.17, 15) is 9.59 Å². The molecular weight excluding hydrogens is 434 g/mol. The molecule has 0 radical (unpaired) electrons. The van der Waals surface area contributed by atoms with Crippen LogP contribution in [0.25, 0.3) is 0 Å². The van der Waals surface area contributed by atoms with E-state index in [1.54, 1.807) is 55.5 Å². The molecule has 8 heteroatoms. The SMILES string of the molecule is CC(Oc1ccccc1Cl)C(=O)Nc1ccc(NC(=S)NC(=O)C2CCCCC2)cc1. The highest BCUT2D eigenvalue weighted by molar-refractivity contribution is 7.80. The molecule has 164 valence electrons. The van der Waals surface area contributed by atoms with Crippen molar-refractivity contribution in [1.82, 2.24) is 5.32 Å². The van der Waals surface area contributed by atoms with Gasteiger partial charge in [-0.05, 0) is 68.4 Å². The van der Waals surface area contributed by atoms with Crippen LogP contribution in [0.15, 0.2) is 48.5 Å². The van der Waals surface area contributed by atoms with Crippen LogP contribution in [0.5, 0.6) is 5.75 Å². The Morgan fingerprint density at radius 2 is 1.61 bits per heavy atom. The first-order chi connectivity index (χ1) is 14.9. The molecule has 1 atom stereocenters. The van der Waals surface area contributed by atoms with Crippen LogP contribution in [0.1, 0.15) is 39.0 Å². The summed E-state index contributed by atoms with van der Waals surface area (Å²) < 4.78 is 5.63. The van der Waals surface area contributed by atoms with Gasteiger partial charge in [0, 0.05) is 17.3 Å². The van der Waals surface area contributed by atoms with Gasteiger partial charge >= 0.3 is 0 Å². The summed E-state index contributed by atoms with van der Waals surface area (Å²) >= 11 is 11.3. The fraction of sp³-hybridized carbons (Fsp3) is 0.348. The number of amides is 2. The number of hydrogen-bond donors (Lipinski definition) is 3. The van der Waals surface area contributed by atoms with Crippen molar-refractivity contribution in [3.63, 3.8) is 0 Å². The van der Waals surface area contributed by atoms with Gasteiger partial charge in [-0.1, -0.05) is 43.0 Å². The standard InChI is InChI=1S/C23H26ClN3O3S/c1-15(30-20-10-6-5-9-19(20)24)21(28)25-17-11-13-18(14-12-17)26-23(31)27-22(29)16-7-3-2-4-8-16/h5-6,9-16H,2-4,7-8H2,1H3,(H,25,28)(H2,26,27,29,31). The van der Waals surface area contributed by atoms with Gasteiger partial charge in [0.15, 0.2) is 11.2 Å². The summed E-state index contributed by atoms with van der Waals surface area (Å²) in [6.45, 7) is 1.65. The minimum atomic E-state index is -0.722. The van der Waals surface area contributed by atoms with Crippen LogP contribution in [-0.2, 0) is 9.59 Å². The number of halogens is 1. The second kappa shape index (κ2) is 11.1. The molecule has 2 aromatic carbocycles. The number of para-hydroxylation sites is 1. The molecule has 6 nitrogen and oxygen atoms in total. The monoisotopic (exact) mass is 459 g/mol. The van der Waals surface area contributed by atoms with E-state index in [4.69, 9.17) is 28.6 Å². The summed E-state index contributed by atoms with van der Waals surface area (Å²) in [5, 5.41) is 9.29. The minimum absolute atomic E-state index is 0.0198. The zero-order valence-electron chi connectivity index (χ0n) is 17.3. The first-order valence-electron chi connectivity index (χ1n) is 10.4. The normalized spacial score (nSPS) is 14.9. The van der Waals surface area contributed by atoms with Gasteiger partial charge < -0.3 is 20.7 Å². The van der Waals surface area contributed by atoms with Crippen molar-refractivity contribution < 1.29 is 14.3 Å². The third-order valence-electron chi connectivity index (χ3n) is 5.13. The molecule has 2 amide bonds. The lowest BCUT2D eigenvalue weighted by Gasteiger charge is -2.21. The molecule has 3 rings (SSSR count). The summed E-state index contributed by atoms with van der Waals surface area (Å²) in [6, 6.07) is 14.0. The average molecular weight is 460 g/mol. The maximum atomic E-state index is 12.4. The van der Waals surface area contributed by atoms with E-state index >= 15 is 0 Å². The molecule has 2 aromatic rings. The van der Waals surface area contributed by atoms with Crippen LogP contribution in [0, 0.1) is 5.92 Å². The molecule has 0 heterocycles. The van der Waals surface area contributed by atoms with Gasteiger partial charge in [0.2, 0.25) is 5.91 Å². The third kappa shape index (κ3) is 6.94. The van der Waals surface area contributed by atoms with Crippen molar-refractivity contribution in [1.29, 1.82) is 0 Å². The lowest BCUT2D eigenvalue weighted by atomic mass is 9.89. The molecule has 1 fully saturated rings. The first kappa shape index (κ1) is 23.0. The summed E-state index contributed by atoms with van der Waals surface area (Å²) in [4.78, 5) is 24.7. The molecule has 0 aliphatic heterocycles. The lowest BCUT2D eigenvalue weighted by molar-refractivity contribution is -0.124. The molecule has 0 saturated heterocycles. The highest BCUT2D eigenvalue weighted by atomic mass is 35.5. The number of thiocarbonyl (C=S) groups is 1. The molecule has 1 aliphatic carbocycles. The Kier molecular flexibility index (Phi) is 8.26. The van der Waals surface area contributed by atoms with E-state index in [-0.39, 0.29) is 22.8 Å². The third-order valence-corrected chi connectivity index (χ3v) is 5.65. The highest BCUT2D eigenvalue weighted by Crippen LogP contribution is 2.25. The van der Waals surface area contributed by atoms with Crippen LogP contribution in [0.2, 0.25) is 5.02 Å². The highest BCUT2D eigenvalue weighted by Gasteiger charge is 2.21. The molecule has 0 bridgehead atoms. The molecule has 31 heavy (non-hydrogen) atoms.